The highest BCUT2D eigenvalue weighted by Crippen LogP contribution is 2.31. The average Bonchev–Trinajstić information content (AvgIpc) is 3.34. The zero-order valence-electron chi connectivity index (χ0n) is 16.6. The first kappa shape index (κ1) is 20.9. The Labute approximate surface area is 199 Å². The van der Waals surface area contributed by atoms with Gasteiger partial charge in [-0.25, -0.2) is 14.5 Å². The van der Waals surface area contributed by atoms with Crippen molar-refractivity contribution in [2.75, 3.05) is 0 Å². The van der Waals surface area contributed by atoms with Crippen LogP contribution in [-0.2, 0) is 11.3 Å². The minimum Gasteiger partial charge on any atom is -0.455 e. The Bertz CT molecular complexity index is 1560. The maximum atomic E-state index is 12.7. The van der Waals surface area contributed by atoms with E-state index < -0.39 is 5.97 Å². The van der Waals surface area contributed by atoms with Crippen molar-refractivity contribution >= 4 is 60.7 Å². The highest BCUT2D eigenvalue weighted by Gasteiger charge is 2.18. The van der Waals surface area contributed by atoms with Gasteiger partial charge < -0.3 is 4.74 Å². The van der Waals surface area contributed by atoms with E-state index in [1.165, 1.54) is 21.8 Å². The number of hydrogen-bond donors (Lipinski definition) is 0. The highest BCUT2D eigenvalue weighted by atomic mass is 79.9. The quantitative estimate of drug-likeness (QED) is 0.300. The second kappa shape index (κ2) is 8.16. The van der Waals surface area contributed by atoms with Gasteiger partial charge in [0.15, 0.2) is 0 Å². The van der Waals surface area contributed by atoms with Gasteiger partial charge in [0.2, 0.25) is 0 Å². The van der Waals surface area contributed by atoms with Crippen molar-refractivity contribution in [3.05, 3.63) is 90.8 Å². The zero-order valence-corrected chi connectivity index (χ0v) is 19.7. The molecule has 0 aliphatic carbocycles. The summed E-state index contributed by atoms with van der Waals surface area (Å²) in [5.41, 5.74) is 2.27. The van der Waals surface area contributed by atoms with Gasteiger partial charge in [0.05, 0.1) is 17.1 Å². The number of carbonyl (C=O) groups is 1. The largest absolute Gasteiger partial charge is 0.455 e. The van der Waals surface area contributed by atoms with Crippen molar-refractivity contribution in [1.29, 1.82) is 0 Å². The summed E-state index contributed by atoms with van der Waals surface area (Å²) in [6.45, 7) is 1.79. The first-order valence-electron chi connectivity index (χ1n) is 9.49. The smallest absolute Gasteiger partial charge is 0.348 e. The number of thiophene rings is 1. The molecule has 0 saturated heterocycles. The van der Waals surface area contributed by atoms with Crippen LogP contribution in [0.4, 0.5) is 0 Å². The normalized spacial score (nSPS) is 11.3. The van der Waals surface area contributed by atoms with Gasteiger partial charge in [-0.15, -0.1) is 11.3 Å². The van der Waals surface area contributed by atoms with Crippen LogP contribution in [0.25, 0.3) is 21.6 Å². The standard InChI is InChI=1S/C22H14BrClN4O3S/c1-12-17-9-18(32-21(17)28(26-12)16-5-3-14(24)4-6-16)22(30)31-11-15-8-20(29)27-10-13(23)2-7-19(27)25-15/h2-10H,11H2,1H3. The van der Waals surface area contributed by atoms with Crippen LogP contribution in [-0.4, -0.2) is 25.1 Å². The summed E-state index contributed by atoms with van der Waals surface area (Å²) >= 11 is 10.6. The number of esters is 1. The monoisotopic (exact) mass is 528 g/mol. The van der Waals surface area contributed by atoms with E-state index in [0.717, 1.165) is 26.1 Å². The van der Waals surface area contributed by atoms with Gasteiger partial charge in [0.25, 0.3) is 5.56 Å². The fourth-order valence-electron chi connectivity index (χ4n) is 3.32. The van der Waals surface area contributed by atoms with Crippen LogP contribution < -0.4 is 5.56 Å². The second-order valence-electron chi connectivity index (χ2n) is 7.04. The summed E-state index contributed by atoms with van der Waals surface area (Å²) < 4.78 is 9.42. The molecular formula is C22H14BrClN4O3S. The molecule has 0 spiro atoms. The van der Waals surface area contributed by atoms with Crippen LogP contribution in [0.15, 0.2) is 64.0 Å². The van der Waals surface area contributed by atoms with Crippen LogP contribution in [0.1, 0.15) is 21.1 Å². The number of carbonyl (C=O) groups excluding carboxylic acids is 1. The Morgan fingerprint density at radius 1 is 1.19 bits per heavy atom. The minimum absolute atomic E-state index is 0.100. The minimum atomic E-state index is -0.480. The van der Waals surface area contributed by atoms with E-state index in [4.69, 9.17) is 16.3 Å². The molecule has 5 rings (SSSR count). The lowest BCUT2D eigenvalue weighted by Gasteiger charge is -2.05. The van der Waals surface area contributed by atoms with Crippen LogP contribution >= 0.6 is 38.9 Å². The molecule has 0 saturated carbocycles. The number of rotatable bonds is 4. The first-order chi connectivity index (χ1) is 15.4. The molecule has 4 heterocycles. The van der Waals surface area contributed by atoms with E-state index in [1.54, 1.807) is 41.2 Å². The Kier molecular flexibility index (Phi) is 5.32. The van der Waals surface area contributed by atoms with E-state index in [1.807, 2.05) is 19.1 Å². The summed E-state index contributed by atoms with van der Waals surface area (Å²) in [7, 11) is 0. The van der Waals surface area contributed by atoms with Crippen molar-refractivity contribution in [2.24, 2.45) is 0 Å². The van der Waals surface area contributed by atoms with Crippen LogP contribution in [0, 0.1) is 6.92 Å². The number of fused-ring (bicyclic) bond motifs is 2. The Hall–Kier alpha value is -3.01. The number of pyridine rings is 1. The van der Waals surface area contributed by atoms with Gasteiger partial charge in [0.1, 0.15) is 22.0 Å². The number of hydrogen-bond acceptors (Lipinski definition) is 6. The molecule has 32 heavy (non-hydrogen) atoms. The lowest BCUT2D eigenvalue weighted by atomic mass is 10.3. The SMILES string of the molecule is Cc1nn(-c2ccc(Cl)cc2)c2sc(C(=O)OCc3cc(=O)n4cc(Br)ccc4n3)cc12. The summed E-state index contributed by atoms with van der Waals surface area (Å²) in [5, 5.41) is 6.09. The lowest BCUT2D eigenvalue weighted by Crippen LogP contribution is -2.16. The molecule has 10 heteroatoms. The van der Waals surface area contributed by atoms with Crippen LogP contribution in [0.3, 0.4) is 0 Å². The maximum absolute atomic E-state index is 12.7. The molecule has 0 aliphatic heterocycles. The lowest BCUT2D eigenvalue weighted by molar-refractivity contribution is 0.0473. The van der Waals surface area contributed by atoms with Crippen LogP contribution in [0.5, 0.6) is 0 Å². The van der Waals surface area contributed by atoms with E-state index in [-0.39, 0.29) is 12.2 Å². The Balaban J connectivity index is 1.40. The number of nitrogens with zero attached hydrogens (tertiary/aromatic N) is 4. The number of halogens is 2. The van der Waals surface area contributed by atoms with E-state index in [0.29, 0.717) is 21.2 Å². The molecule has 0 N–H and O–H groups in total. The van der Waals surface area contributed by atoms with E-state index in [2.05, 4.69) is 26.0 Å². The number of aryl methyl sites for hydroxylation is 1. The van der Waals surface area contributed by atoms with Gasteiger partial charge >= 0.3 is 5.97 Å². The van der Waals surface area contributed by atoms with Crippen molar-refractivity contribution in [3.63, 3.8) is 0 Å². The van der Waals surface area contributed by atoms with E-state index >= 15 is 0 Å². The zero-order chi connectivity index (χ0) is 22.4. The maximum Gasteiger partial charge on any atom is 0.348 e. The topological polar surface area (TPSA) is 78.5 Å². The summed E-state index contributed by atoms with van der Waals surface area (Å²) in [4.78, 5) is 30.7. The molecule has 0 fully saturated rings. The fraction of sp³-hybridized carbons (Fsp3) is 0.0909. The third kappa shape index (κ3) is 3.83. The molecule has 0 bridgehead atoms. The molecule has 5 aromatic rings. The second-order valence-corrected chi connectivity index (χ2v) is 9.42. The van der Waals surface area contributed by atoms with E-state index in [9.17, 15) is 9.59 Å². The average molecular weight is 530 g/mol. The fourth-order valence-corrected chi connectivity index (χ4v) is 4.86. The Morgan fingerprint density at radius 2 is 1.97 bits per heavy atom. The van der Waals surface area contributed by atoms with Crippen molar-refractivity contribution in [2.45, 2.75) is 13.5 Å². The van der Waals surface area contributed by atoms with Crippen molar-refractivity contribution < 1.29 is 9.53 Å². The summed E-state index contributed by atoms with van der Waals surface area (Å²) in [5.74, 6) is -0.480. The van der Waals surface area contributed by atoms with Crippen molar-refractivity contribution in [3.8, 4) is 5.69 Å². The molecule has 0 unspecified atom stereocenters. The predicted octanol–water partition coefficient (Wildman–Crippen LogP) is 5.18. The van der Waals surface area contributed by atoms with Gasteiger partial charge in [-0.2, -0.15) is 5.10 Å². The van der Waals surface area contributed by atoms with Gasteiger partial charge in [-0.1, -0.05) is 11.6 Å². The Morgan fingerprint density at radius 3 is 2.75 bits per heavy atom. The van der Waals surface area contributed by atoms with Gasteiger partial charge in [-0.05, 0) is 65.3 Å². The number of benzene rings is 1. The third-order valence-electron chi connectivity index (χ3n) is 4.84. The molecule has 0 amide bonds. The summed E-state index contributed by atoms with van der Waals surface area (Å²) in [6.07, 6.45) is 1.64. The molecule has 160 valence electrons. The molecular weight excluding hydrogens is 516 g/mol. The van der Waals surface area contributed by atoms with Crippen molar-refractivity contribution in [1.82, 2.24) is 19.2 Å². The molecule has 7 nitrogen and oxygen atoms in total. The molecule has 0 aliphatic rings. The third-order valence-corrected chi connectivity index (χ3v) is 6.66. The molecule has 0 radical (unpaired) electrons. The molecule has 0 atom stereocenters. The highest BCUT2D eigenvalue weighted by molar-refractivity contribution is 9.10. The number of ether oxygens (including phenoxy) is 1. The first-order valence-corrected chi connectivity index (χ1v) is 11.5. The predicted molar refractivity (Wildman–Crippen MR) is 127 cm³/mol. The van der Waals surface area contributed by atoms with Gasteiger partial charge in [-0.3, -0.25) is 9.20 Å². The van der Waals surface area contributed by atoms with Crippen LogP contribution in [0.2, 0.25) is 5.02 Å². The summed E-state index contributed by atoms with van der Waals surface area (Å²) in [6, 6.07) is 14.0. The molecule has 4 aromatic heterocycles. The molecule has 1 aromatic carbocycles. The number of aromatic nitrogens is 4. The van der Waals surface area contributed by atoms with Gasteiger partial charge in [0, 0.05) is 27.1 Å².